The molecule has 112 valence electrons. The Morgan fingerprint density at radius 1 is 1.20 bits per heavy atom. The molecule has 1 aromatic carbocycles. The lowest BCUT2D eigenvalue weighted by atomic mass is 10.1. The molecule has 2 unspecified atom stereocenters. The molecule has 20 heavy (non-hydrogen) atoms. The smallest absolute Gasteiger partial charge is 0.237 e. The predicted octanol–water partition coefficient (Wildman–Crippen LogP) is 3.27. The Labute approximate surface area is 130 Å². The molecular formula is C16H25BrN2O. The summed E-state index contributed by atoms with van der Waals surface area (Å²) in [6.07, 6.45) is 0.903. The van der Waals surface area contributed by atoms with Gasteiger partial charge in [-0.25, -0.2) is 0 Å². The van der Waals surface area contributed by atoms with Crippen molar-refractivity contribution in [2.75, 3.05) is 0 Å². The minimum absolute atomic E-state index is 0.0418. The molecular weight excluding hydrogens is 316 g/mol. The summed E-state index contributed by atoms with van der Waals surface area (Å²) in [6, 6.07) is 8.33. The van der Waals surface area contributed by atoms with E-state index in [1.165, 1.54) is 5.56 Å². The highest BCUT2D eigenvalue weighted by Gasteiger charge is 2.20. The summed E-state index contributed by atoms with van der Waals surface area (Å²) in [5.74, 6) is 0.0418. The number of carbonyl (C=O) groups is 1. The third-order valence-corrected chi connectivity index (χ3v) is 3.41. The lowest BCUT2D eigenvalue weighted by Crippen LogP contribution is -2.51. The molecule has 1 aromatic rings. The Balaban J connectivity index is 2.47. The zero-order valence-corrected chi connectivity index (χ0v) is 14.5. The van der Waals surface area contributed by atoms with E-state index < -0.39 is 0 Å². The Hall–Kier alpha value is -0.870. The number of hydrogen-bond donors (Lipinski definition) is 2. The summed E-state index contributed by atoms with van der Waals surface area (Å²) in [7, 11) is 0. The summed E-state index contributed by atoms with van der Waals surface area (Å²) in [4.78, 5) is 12.0. The van der Waals surface area contributed by atoms with Gasteiger partial charge in [0.2, 0.25) is 5.91 Å². The molecule has 0 spiro atoms. The van der Waals surface area contributed by atoms with Crippen LogP contribution in [-0.4, -0.2) is 23.5 Å². The fourth-order valence-electron chi connectivity index (χ4n) is 2.01. The maximum Gasteiger partial charge on any atom is 0.237 e. The van der Waals surface area contributed by atoms with E-state index in [9.17, 15) is 4.79 Å². The number of hydrogen-bond acceptors (Lipinski definition) is 2. The SMILES string of the molecule is CC(Cc1ccc(Br)cc1)NC(C)C(=O)NC(C)(C)C. The highest BCUT2D eigenvalue weighted by molar-refractivity contribution is 9.10. The molecule has 0 saturated heterocycles. The Morgan fingerprint density at radius 3 is 2.25 bits per heavy atom. The second-order valence-electron chi connectivity index (χ2n) is 6.36. The second-order valence-corrected chi connectivity index (χ2v) is 7.27. The van der Waals surface area contributed by atoms with Gasteiger partial charge in [-0.1, -0.05) is 28.1 Å². The Morgan fingerprint density at radius 2 is 1.75 bits per heavy atom. The van der Waals surface area contributed by atoms with Crippen LogP contribution in [0.4, 0.5) is 0 Å². The first-order valence-corrected chi connectivity index (χ1v) is 7.79. The van der Waals surface area contributed by atoms with Crippen LogP contribution < -0.4 is 10.6 Å². The molecule has 3 nitrogen and oxygen atoms in total. The molecule has 0 fully saturated rings. The van der Waals surface area contributed by atoms with Crippen LogP contribution in [0, 0.1) is 0 Å². The van der Waals surface area contributed by atoms with E-state index in [2.05, 4.69) is 45.6 Å². The van der Waals surface area contributed by atoms with Crippen molar-refractivity contribution in [3.8, 4) is 0 Å². The molecule has 0 heterocycles. The van der Waals surface area contributed by atoms with Crippen LogP contribution in [0.2, 0.25) is 0 Å². The van der Waals surface area contributed by atoms with Crippen LogP contribution in [0.1, 0.15) is 40.2 Å². The molecule has 4 heteroatoms. The lowest BCUT2D eigenvalue weighted by molar-refractivity contribution is -0.124. The predicted molar refractivity (Wildman–Crippen MR) is 87.8 cm³/mol. The van der Waals surface area contributed by atoms with Gasteiger partial charge in [0.15, 0.2) is 0 Å². The third kappa shape index (κ3) is 6.53. The molecule has 0 saturated carbocycles. The molecule has 0 bridgehead atoms. The standard InChI is InChI=1S/C16H25BrN2O/c1-11(10-13-6-8-14(17)9-7-13)18-12(2)15(20)19-16(3,4)5/h6-9,11-12,18H,10H2,1-5H3,(H,19,20). The van der Waals surface area contributed by atoms with Crippen molar-refractivity contribution >= 4 is 21.8 Å². The fourth-order valence-corrected chi connectivity index (χ4v) is 2.28. The van der Waals surface area contributed by atoms with Crippen LogP contribution in [-0.2, 0) is 11.2 Å². The number of nitrogens with one attached hydrogen (secondary N) is 2. The van der Waals surface area contributed by atoms with Gasteiger partial charge in [-0.3, -0.25) is 4.79 Å². The summed E-state index contributed by atoms with van der Waals surface area (Å²) < 4.78 is 1.08. The lowest BCUT2D eigenvalue weighted by Gasteiger charge is -2.25. The van der Waals surface area contributed by atoms with Gasteiger partial charge in [0.05, 0.1) is 6.04 Å². The molecule has 0 aliphatic heterocycles. The minimum Gasteiger partial charge on any atom is -0.350 e. The summed E-state index contributed by atoms with van der Waals surface area (Å²) in [5.41, 5.74) is 1.07. The maximum absolute atomic E-state index is 12.0. The van der Waals surface area contributed by atoms with Gasteiger partial charge in [0.25, 0.3) is 0 Å². The first kappa shape index (κ1) is 17.2. The van der Waals surface area contributed by atoms with Crippen LogP contribution in [0.15, 0.2) is 28.7 Å². The van der Waals surface area contributed by atoms with E-state index in [1.807, 2.05) is 39.8 Å². The van der Waals surface area contributed by atoms with E-state index in [0.717, 1.165) is 10.9 Å². The largest absolute Gasteiger partial charge is 0.350 e. The van der Waals surface area contributed by atoms with Crippen molar-refractivity contribution in [3.05, 3.63) is 34.3 Å². The third-order valence-electron chi connectivity index (χ3n) is 2.88. The number of halogens is 1. The Bertz CT molecular complexity index is 437. The van der Waals surface area contributed by atoms with E-state index in [-0.39, 0.29) is 23.5 Å². The quantitative estimate of drug-likeness (QED) is 0.863. The first-order chi connectivity index (χ1) is 9.17. The fraction of sp³-hybridized carbons (Fsp3) is 0.562. The normalized spacial score (nSPS) is 14.7. The van der Waals surface area contributed by atoms with E-state index in [1.54, 1.807) is 0 Å². The number of benzene rings is 1. The molecule has 2 atom stereocenters. The first-order valence-electron chi connectivity index (χ1n) is 7.00. The zero-order chi connectivity index (χ0) is 15.3. The van der Waals surface area contributed by atoms with Gasteiger partial charge < -0.3 is 10.6 Å². The molecule has 1 rings (SSSR count). The van der Waals surface area contributed by atoms with Crippen molar-refractivity contribution in [1.29, 1.82) is 0 Å². The summed E-state index contributed by atoms with van der Waals surface area (Å²) in [6.45, 7) is 9.97. The molecule has 0 radical (unpaired) electrons. The summed E-state index contributed by atoms with van der Waals surface area (Å²) >= 11 is 3.43. The highest BCUT2D eigenvalue weighted by atomic mass is 79.9. The van der Waals surface area contributed by atoms with Crippen LogP contribution in [0.5, 0.6) is 0 Å². The highest BCUT2D eigenvalue weighted by Crippen LogP contribution is 2.12. The van der Waals surface area contributed by atoms with Crippen LogP contribution >= 0.6 is 15.9 Å². The molecule has 0 aliphatic carbocycles. The molecule has 1 amide bonds. The monoisotopic (exact) mass is 340 g/mol. The van der Waals surface area contributed by atoms with Gasteiger partial charge in [-0.2, -0.15) is 0 Å². The van der Waals surface area contributed by atoms with E-state index in [4.69, 9.17) is 0 Å². The molecule has 0 aliphatic rings. The van der Waals surface area contributed by atoms with Gasteiger partial charge >= 0.3 is 0 Å². The van der Waals surface area contributed by atoms with Gasteiger partial charge in [0, 0.05) is 16.1 Å². The van der Waals surface area contributed by atoms with E-state index in [0.29, 0.717) is 0 Å². The topological polar surface area (TPSA) is 41.1 Å². The number of rotatable bonds is 5. The molecule has 0 aromatic heterocycles. The van der Waals surface area contributed by atoms with Gasteiger partial charge in [-0.15, -0.1) is 0 Å². The van der Waals surface area contributed by atoms with Crippen LogP contribution in [0.25, 0.3) is 0 Å². The zero-order valence-electron chi connectivity index (χ0n) is 13.0. The van der Waals surface area contributed by atoms with Gasteiger partial charge in [-0.05, 0) is 58.7 Å². The van der Waals surface area contributed by atoms with Crippen molar-refractivity contribution in [2.24, 2.45) is 0 Å². The number of amides is 1. The maximum atomic E-state index is 12.0. The van der Waals surface area contributed by atoms with Crippen molar-refractivity contribution in [1.82, 2.24) is 10.6 Å². The second kappa shape index (κ2) is 7.23. The van der Waals surface area contributed by atoms with Crippen molar-refractivity contribution in [2.45, 2.75) is 58.7 Å². The van der Waals surface area contributed by atoms with Gasteiger partial charge in [0.1, 0.15) is 0 Å². The average molecular weight is 341 g/mol. The van der Waals surface area contributed by atoms with Crippen LogP contribution in [0.3, 0.4) is 0 Å². The molecule has 2 N–H and O–H groups in total. The van der Waals surface area contributed by atoms with Crippen molar-refractivity contribution < 1.29 is 4.79 Å². The minimum atomic E-state index is -0.195. The Kier molecular flexibility index (Phi) is 6.21. The average Bonchev–Trinajstić information content (AvgIpc) is 2.29. The van der Waals surface area contributed by atoms with Crippen molar-refractivity contribution in [3.63, 3.8) is 0 Å². The summed E-state index contributed by atoms with van der Waals surface area (Å²) in [5, 5.41) is 6.33. The number of carbonyl (C=O) groups excluding carboxylic acids is 1. The van der Waals surface area contributed by atoms with E-state index >= 15 is 0 Å².